The molecular weight excluding hydrogens is 278 g/mol. The Morgan fingerprint density at radius 3 is 1.91 bits per heavy atom. The van der Waals surface area contributed by atoms with Crippen molar-refractivity contribution in [3.05, 3.63) is 99.1 Å². The van der Waals surface area contributed by atoms with Crippen LogP contribution in [-0.4, -0.2) is 14.1 Å². The lowest BCUT2D eigenvalue weighted by Gasteiger charge is -2.09. The normalized spacial score (nSPS) is 10.5. The second-order valence-corrected chi connectivity index (χ2v) is 4.99. The molecule has 0 amide bonds. The molecule has 2 aromatic carbocycles. The van der Waals surface area contributed by atoms with Crippen molar-refractivity contribution < 1.29 is 0 Å². The van der Waals surface area contributed by atoms with Crippen LogP contribution >= 0.6 is 0 Å². The summed E-state index contributed by atoms with van der Waals surface area (Å²) in [6.45, 7) is 0.614. The van der Waals surface area contributed by atoms with Crippen molar-refractivity contribution in [3.63, 3.8) is 0 Å². The molecule has 1 heterocycles. The second kappa shape index (κ2) is 6.22. The number of hydrogen-bond donors (Lipinski definition) is 0. The first kappa shape index (κ1) is 14.0. The van der Waals surface area contributed by atoms with Crippen LogP contribution in [0.5, 0.6) is 0 Å². The highest BCUT2D eigenvalue weighted by molar-refractivity contribution is 5.16. The zero-order valence-corrected chi connectivity index (χ0v) is 11.9. The Balaban J connectivity index is 1.96. The molecule has 22 heavy (non-hydrogen) atoms. The van der Waals surface area contributed by atoms with Crippen molar-refractivity contribution in [2.45, 2.75) is 13.1 Å². The third kappa shape index (κ3) is 3.03. The number of hydrogen-bond acceptors (Lipinski definition) is 3. The van der Waals surface area contributed by atoms with E-state index in [0.717, 1.165) is 15.7 Å². The molecule has 110 valence electrons. The molecule has 3 aromatic rings. The Labute approximate surface area is 127 Å². The van der Waals surface area contributed by atoms with Crippen LogP contribution in [0.1, 0.15) is 11.1 Å². The minimum absolute atomic E-state index is 0.223. The Morgan fingerprint density at radius 1 is 0.773 bits per heavy atom. The van der Waals surface area contributed by atoms with Crippen LogP contribution in [-0.2, 0) is 13.1 Å². The summed E-state index contributed by atoms with van der Waals surface area (Å²) < 4.78 is 2.60. The van der Waals surface area contributed by atoms with Gasteiger partial charge in [0.05, 0.1) is 13.1 Å². The third-order valence-corrected chi connectivity index (χ3v) is 3.39. The van der Waals surface area contributed by atoms with E-state index in [1.54, 1.807) is 0 Å². The summed E-state index contributed by atoms with van der Waals surface area (Å²) in [5, 5.41) is 0. The fraction of sp³-hybridized carbons (Fsp3) is 0.118. The topological polar surface area (TPSA) is 56.9 Å². The van der Waals surface area contributed by atoms with Gasteiger partial charge in [0.1, 0.15) is 6.33 Å². The average molecular weight is 293 g/mol. The third-order valence-electron chi connectivity index (χ3n) is 3.39. The molecule has 5 heteroatoms. The number of benzene rings is 2. The molecule has 0 N–H and O–H groups in total. The smallest absolute Gasteiger partial charge is 0.279 e. The summed E-state index contributed by atoms with van der Waals surface area (Å²) in [6.07, 6.45) is 1.30. The van der Waals surface area contributed by atoms with Gasteiger partial charge in [-0.2, -0.15) is 4.98 Å². The lowest BCUT2D eigenvalue weighted by Crippen LogP contribution is -2.41. The van der Waals surface area contributed by atoms with E-state index < -0.39 is 5.69 Å². The molecule has 0 aliphatic heterocycles. The second-order valence-electron chi connectivity index (χ2n) is 4.99. The number of nitrogens with zero attached hydrogens (tertiary/aromatic N) is 3. The molecule has 0 unspecified atom stereocenters. The molecule has 0 aliphatic carbocycles. The van der Waals surface area contributed by atoms with Crippen molar-refractivity contribution >= 4 is 0 Å². The van der Waals surface area contributed by atoms with E-state index >= 15 is 0 Å². The molecular formula is C17H15N3O2. The van der Waals surface area contributed by atoms with Gasteiger partial charge in [0, 0.05) is 0 Å². The van der Waals surface area contributed by atoms with Crippen LogP contribution < -0.4 is 11.4 Å². The van der Waals surface area contributed by atoms with Crippen molar-refractivity contribution in [1.82, 2.24) is 14.1 Å². The van der Waals surface area contributed by atoms with Gasteiger partial charge in [0.25, 0.3) is 0 Å². The minimum Gasteiger partial charge on any atom is -0.279 e. The zero-order chi connectivity index (χ0) is 15.4. The maximum atomic E-state index is 12.5. The van der Waals surface area contributed by atoms with Gasteiger partial charge in [-0.3, -0.25) is 4.57 Å². The summed E-state index contributed by atoms with van der Waals surface area (Å²) in [7, 11) is 0. The van der Waals surface area contributed by atoms with Crippen molar-refractivity contribution in [2.24, 2.45) is 0 Å². The van der Waals surface area contributed by atoms with E-state index in [4.69, 9.17) is 0 Å². The van der Waals surface area contributed by atoms with Crippen LogP contribution in [0.25, 0.3) is 0 Å². The molecule has 0 aliphatic rings. The lowest BCUT2D eigenvalue weighted by atomic mass is 10.2. The summed E-state index contributed by atoms with van der Waals surface area (Å²) >= 11 is 0. The number of rotatable bonds is 4. The highest BCUT2D eigenvalue weighted by atomic mass is 16.2. The average Bonchev–Trinajstić information content (AvgIpc) is 2.56. The predicted molar refractivity (Wildman–Crippen MR) is 83.8 cm³/mol. The highest BCUT2D eigenvalue weighted by Gasteiger charge is 2.07. The van der Waals surface area contributed by atoms with E-state index in [2.05, 4.69) is 4.98 Å². The first-order valence-electron chi connectivity index (χ1n) is 6.98. The van der Waals surface area contributed by atoms with Crippen LogP contribution in [0, 0.1) is 0 Å². The fourth-order valence-corrected chi connectivity index (χ4v) is 2.26. The quantitative estimate of drug-likeness (QED) is 0.732. The van der Waals surface area contributed by atoms with E-state index in [-0.39, 0.29) is 12.2 Å². The molecule has 0 radical (unpaired) electrons. The first-order valence-corrected chi connectivity index (χ1v) is 6.98. The van der Waals surface area contributed by atoms with Crippen LogP contribution in [0.4, 0.5) is 0 Å². The summed E-state index contributed by atoms with van der Waals surface area (Å²) in [5.41, 5.74) is 0.989. The van der Waals surface area contributed by atoms with Gasteiger partial charge in [0.15, 0.2) is 0 Å². The standard InChI is InChI=1S/C17H15N3O2/c21-16-18-13-19(11-14-7-3-1-4-8-14)17(22)20(16)12-15-9-5-2-6-10-15/h1-10,13H,11-12H2. The number of aromatic nitrogens is 3. The molecule has 0 atom stereocenters. The van der Waals surface area contributed by atoms with Crippen LogP contribution in [0.15, 0.2) is 76.6 Å². The highest BCUT2D eigenvalue weighted by Crippen LogP contribution is 2.01. The van der Waals surface area contributed by atoms with Gasteiger partial charge in [0.2, 0.25) is 0 Å². The van der Waals surface area contributed by atoms with Gasteiger partial charge in [-0.25, -0.2) is 14.2 Å². The molecule has 5 nitrogen and oxygen atoms in total. The maximum Gasteiger partial charge on any atom is 0.353 e. The zero-order valence-electron chi connectivity index (χ0n) is 11.9. The van der Waals surface area contributed by atoms with Crippen molar-refractivity contribution in [2.75, 3.05) is 0 Å². The van der Waals surface area contributed by atoms with Crippen LogP contribution in [0.3, 0.4) is 0 Å². The largest absolute Gasteiger partial charge is 0.353 e. The van der Waals surface area contributed by atoms with Gasteiger partial charge in [-0.1, -0.05) is 60.7 Å². The van der Waals surface area contributed by atoms with Gasteiger partial charge in [-0.05, 0) is 11.1 Å². The summed E-state index contributed by atoms with van der Waals surface area (Å²) in [6, 6.07) is 19.0. The molecule has 1 aromatic heterocycles. The Morgan fingerprint density at radius 2 is 1.32 bits per heavy atom. The molecule has 3 rings (SSSR count). The monoisotopic (exact) mass is 293 g/mol. The summed E-state index contributed by atoms with van der Waals surface area (Å²) in [5.74, 6) is 0. The summed E-state index contributed by atoms with van der Waals surface area (Å²) in [4.78, 5) is 28.2. The van der Waals surface area contributed by atoms with Gasteiger partial charge >= 0.3 is 11.4 Å². The van der Waals surface area contributed by atoms with E-state index in [1.165, 1.54) is 10.9 Å². The minimum atomic E-state index is -0.529. The molecule has 0 spiro atoms. The van der Waals surface area contributed by atoms with Crippen molar-refractivity contribution in [1.29, 1.82) is 0 Å². The van der Waals surface area contributed by atoms with Gasteiger partial charge < -0.3 is 0 Å². The maximum absolute atomic E-state index is 12.5. The Bertz CT molecular complexity index is 868. The van der Waals surface area contributed by atoms with E-state index in [0.29, 0.717) is 6.54 Å². The molecule has 0 saturated heterocycles. The predicted octanol–water partition coefficient (Wildman–Crippen LogP) is 1.50. The fourth-order valence-electron chi connectivity index (χ4n) is 2.26. The first-order chi connectivity index (χ1) is 10.7. The molecule has 0 fully saturated rings. The Hall–Kier alpha value is -2.95. The SMILES string of the molecule is O=c1ncn(Cc2ccccc2)c(=O)n1Cc1ccccc1. The Kier molecular flexibility index (Phi) is 3.96. The van der Waals surface area contributed by atoms with Crippen molar-refractivity contribution in [3.8, 4) is 0 Å². The molecule has 0 saturated carbocycles. The van der Waals surface area contributed by atoms with Gasteiger partial charge in [-0.15, -0.1) is 0 Å². The van der Waals surface area contributed by atoms with Crippen LogP contribution in [0.2, 0.25) is 0 Å². The lowest BCUT2D eigenvalue weighted by molar-refractivity contribution is 0.580. The molecule has 0 bridgehead atoms. The van der Waals surface area contributed by atoms with E-state index in [1.807, 2.05) is 60.7 Å². The van der Waals surface area contributed by atoms with E-state index in [9.17, 15) is 9.59 Å².